The average molecular weight is 492 g/mol. The monoisotopic (exact) mass is 492 g/mol. The minimum Gasteiger partial charge on any atom is -0.338 e. The molecule has 1 aliphatic carbocycles. The van der Waals surface area contributed by atoms with E-state index < -0.39 is 53.1 Å². The van der Waals surface area contributed by atoms with Crippen LogP contribution in [-0.4, -0.2) is 66.0 Å². The third kappa shape index (κ3) is 4.55. The SMILES string of the molecule is N#C[C@@H]1C[C@H](F)CN1C(=O)CNC1C2CN(C(=O)c3ccc(C(F)(F)F)cc3C(F)(F)F)CC21. The predicted molar refractivity (Wildman–Crippen MR) is 102 cm³/mol. The number of likely N-dealkylation sites (tertiary alicyclic amines) is 2. The maximum Gasteiger partial charge on any atom is 0.417 e. The minimum atomic E-state index is -5.14. The standard InChI is InChI=1S/C21H19F7N4O2/c22-11-4-12(5-29)32(7-11)17(33)6-30-18-14-8-31(9-15(14)18)19(34)13-2-1-10(20(23,24)25)3-16(13)21(26,27)28/h1-3,11-12,14-15,18,30H,4,6-9H2/t11-,12-,14?,15?,18?/m0/s1. The molecule has 3 aliphatic rings. The van der Waals surface area contributed by atoms with Crippen molar-refractivity contribution in [1.82, 2.24) is 15.1 Å². The molecule has 0 radical (unpaired) electrons. The molecule has 1 saturated carbocycles. The molecule has 1 aromatic carbocycles. The fourth-order valence-corrected chi connectivity index (χ4v) is 4.80. The molecular formula is C21H19F7N4O2. The van der Waals surface area contributed by atoms with Crippen LogP contribution in [0.2, 0.25) is 0 Å². The number of hydrogen-bond donors (Lipinski definition) is 1. The summed E-state index contributed by atoms with van der Waals surface area (Å²) in [7, 11) is 0. The van der Waals surface area contributed by atoms with Crippen molar-refractivity contribution in [2.45, 2.75) is 37.0 Å². The molecule has 4 rings (SSSR count). The quantitative estimate of drug-likeness (QED) is 0.657. The van der Waals surface area contributed by atoms with Gasteiger partial charge in [0.05, 0.1) is 35.8 Å². The largest absolute Gasteiger partial charge is 0.417 e. The Morgan fingerprint density at radius 1 is 1.06 bits per heavy atom. The van der Waals surface area contributed by atoms with Crippen molar-refractivity contribution in [2.75, 3.05) is 26.2 Å². The van der Waals surface area contributed by atoms with E-state index in [1.165, 1.54) is 0 Å². The number of piperidine rings is 1. The van der Waals surface area contributed by atoms with Crippen LogP contribution in [0.3, 0.4) is 0 Å². The average Bonchev–Trinajstić information content (AvgIpc) is 3.07. The van der Waals surface area contributed by atoms with Crippen LogP contribution in [0.5, 0.6) is 0 Å². The van der Waals surface area contributed by atoms with Crippen molar-refractivity contribution in [3.63, 3.8) is 0 Å². The summed E-state index contributed by atoms with van der Waals surface area (Å²) in [6.07, 6.45) is -11.4. The van der Waals surface area contributed by atoms with E-state index in [0.717, 1.165) is 9.80 Å². The molecule has 2 saturated heterocycles. The molecule has 4 atom stereocenters. The smallest absolute Gasteiger partial charge is 0.338 e. The van der Waals surface area contributed by atoms with Gasteiger partial charge >= 0.3 is 12.4 Å². The van der Waals surface area contributed by atoms with Crippen LogP contribution in [0, 0.1) is 23.2 Å². The van der Waals surface area contributed by atoms with Crippen molar-refractivity contribution >= 4 is 11.8 Å². The lowest BCUT2D eigenvalue weighted by atomic mass is 10.0. The second kappa shape index (κ2) is 8.41. The van der Waals surface area contributed by atoms with Gasteiger partial charge in [0.1, 0.15) is 12.2 Å². The van der Waals surface area contributed by atoms with E-state index in [2.05, 4.69) is 5.32 Å². The van der Waals surface area contributed by atoms with Crippen LogP contribution in [-0.2, 0) is 17.1 Å². The van der Waals surface area contributed by atoms with E-state index in [-0.39, 0.29) is 56.5 Å². The molecule has 2 aliphatic heterocycles. The molecule has 3 fully saturated rings. The molecule has 1 N–H and O–H groups in total. The van der Waals surface area contributed by atoms with E-state index in [9.17, 15) is 40.3 Å². The van der Waals surface area contributed by atoms with E-state index in [1.807, 2.05) is 6.07 Å². The summed E-state index contributed by atoms with van der Waals surface area (Å²) in [5, 5.41) is 12.0. The van der Waals surface area contributed by atoms with Crippen LogP contribution < -0.4 is 5.32 Å². The third-order valence-electron chi connectivity index (χ3n) is 6.57. The molecular weight excluding hydrogens is 473 g/mol. The van der Waals surface area contributed by atoms with Crippen LogP contribution in [0.1, 0.15) is 27.9 Å². The highest BCUT2D eigenvalue weighted by Gasteiger charge is 2.57. The molecule has 1 aromatic rings. The molecule has 0 spiro atoms. The fraction of sp³-hybridized carbons (Fsp3) is 0.571. The zero-order chi connectivity index (χ0) is 25.0. The van der Waals surface area contributed by atoms with Crippen molar-refractivity contribution < 1.29 is 40.3 Å². The first-order chi connectivity index (χ1) is 15.8. The molecule has 0 aromatic heterocycles. The lowest BCUT2D eigenvalue weighted by Gasteiger charge is -2.23. The van der Waals surface area contributed by atoms with E-state index >= 15 is 0 Å². The number of alkyl halides is 7. The first-order valence-corrected chi connectivity index (χ1v) is 10.5. The second-order valence-corrected chi connectivity index (χ2v) is 8.72. The number of nitrogens with zero attached hydrogens (tertiary/aromatic N) is 3. The Labute approximate surface area is 189 Å². The molecule has 184 valence electrons. The van der Waals surface area contributed by atoms with E-state index in [0.29, 0.717) is 12.1 Å². The highest BCUT2D eigenvalue weighted by Crippen LogP contribution is 2.46. The molecule has 2 unspecified atom stereocenters. The maximum absolute atomic E-state index is 13.5. The first-order valence-electron chi connectivity index (χ1n) is 10.5. The minimum absolute atomic E-state index is 0.0438. The van der Waals surface area contributed by atoms with Gasteiger partial charge in [0.25, 0.3) is 5.91 Å². The van der Waals surface area contributed by atoms with Crippen molar-refractivity contribution in [3.05, 3.63) is 34.9 Å². The van der Waals surface area contributed by atoms with Gasteiger partial charge in [-0.3, -0.25) is 9.59 Å². The number of carbonyl (C=O) groups is 2. The summed E-state index contributed by atoms with van der Waals surface area (Å²) in [6, 6.07) is 1.81. The molecule has 2 amide bonds. The number of hydrogen-bond acceptors (Lipinski definition) is 4. The summed E-state index contributed by atoms with van der Waals surface area (Å²) in [5.74, 6) is -1.70. The number of rotatable bonds is 4. The van der Waals surface area contributed by atoms with Gasteiger partial charge < -0.3 is 15.1 Å². The number of benzene rings is 1. The number of nitrogens with one attached hydrogen (secondary N) is 1. The van der Waals surface area contributed by atoms with Gasteiger partial charge in [-0.1, -0.05) is 0 Å². The molecule has 0 bridgehead atoms. The van der Waals surface area contributed by atoms with Gasteiger partial charge in [0.2, 0.25) is 5.91 Å². The second-order valence-electron chi connectivity index (χ2n) is 8.72. The van der Waals surface area contributed by atoms with E-state index in [1.54, 1.807) is 0 Å². The van der Waals surface area contributed by atoms with Gasteiger partial charge in [0, 0.05) is 25.6 Å². The van der Waals surface area contributed by atoms with Crippen molar-refractivity contribution in [1.29, 1.82) is 5.26 Å². The number of nitriles is 1. The highest BCUT2D eigenvalue weighted by atomic mass is 19.4. The highest BCUT2D eigenvalue weighted by molar-refractivity contribution is 5.96. The number of carbonyl (C=O) groups excluding carboxylic acids is 2. The van der Waals surface area contributed by atoms with E-state index in [4.69, 9.17) is 5.26 Å². The number of amides is 2. The van der Waals surface area contributed by atoms with Gasteiger partial charge in [-0.25, -0.2) is 4.39 Å². The Kier molecular flexibility index (Phi) is 6.00. The van der Waals surface area contributed by atoms with Crippen LogP contribution in [0.15, 0.2) is 18.2 Å². The van der Waals surface area contributed by atoms with Gasteiger partial charge in [0.15, 0.2) is 0 Å². The third-order valence-corrected chi connectivity index (χ3v) is 6.57. The number of halogens is 7. The zero-order valence-electron chi connectivity index (χ0n) is 17.5. The first kappa shape index (κ1) is 24.3. The Bertz CT molecular complexity index is 1020. The maximum atomic E-state index is 13.5. The van der Waals surface area contributed by atoms with Crippen molar-refractivity contribution in [2.24, 2.45) is 11.8 Å². The molecule has 34 heavy (non-hydrogen) atoms. The summed E-state index contributed by atoms with van der Waals surface area (Å²) in [5.41, 5.74) is -3.99. The normalized spacial score (nSPS) is 28.6. The Morgan fingerprint density at radius 2 is 1.71 bits per heavy atom. The van der Waals surface area contributed by atoms with Crippen molar-refractivity contribution in [3.8, 4) is 6.07 Å². The number of fused-ring (bicyclic) bond motifs is 1. The van der Waals surface area contributed by atoms with Crippen LogP contribution in [0.25, 0.3) is 0 Å². The summed E-state index contributed by atoms with van der Waals surface area (Å²) in [6.45, 7) is -0.129. The fourth-order valence-electron chi connectivity index (χ4n) is 4.80. The van der Waals surface area contributed by atoms with Crippen LogP contribution >= 0.6 is 0 Å². The summed E-state index contributed by atoms with van der Waals surface area (Å²) < 4.78 is 92.1. The zero-order valence-corrected chi connectivity index (χ0v) is 17.5. The van der Waals surface area contributed by atoms with Gasteiger partial charge in [-0.2, -0.15) is 31.6 Å². The van der Waals surface area contributed by atoms with Crippen LogP contribution in [0.4, 0.5) is 30.7 Å². The topological polar surface area (TPSA) is 76.4 Å². The lowest BCUT2D eigenvalue weighted by molar-refractivity contribution is -0.143. The predicted octanol–water partition coefficient (Wildman–Crippen LogP) is 2.85. The molecule has 2 heterocycles. The Balaban J connectivity index is 1.36. The Morgan fingerprint density at radius 3 is 2.26 bits per heavy atom. The Hall–Kier alpha value is -2.88. The summed E-state index contributed by atoms with van der Waals surface area (Å²) in [4.78, 5) is 27.3. The summed E-state index contributed by atoms with van der Waals surface area (Å²) >= 11 is 0. The molecule has 13 heteroatoms. The van der Waals surface area contributed by atoms with Gasteiger partial charge in [-0.15, -0.1) is 0 Å². The molecule has 6 nitrogen and oxygen atoms in total. The van der Waals surface area contributed by atoms with Gasteiger partial charge in [-0.05, 0) is 30.0 Å². The lowest BCUT2D eigenvalue weighted by Crippen LogP contribution is -2.43.